The monoisotopic (exact) mass is 562 g/mol. The van der Waals surface area contributed by atoms with E-state index in [1.54, 1.807) is 6.20 Å². The number of halogens is 6. The molecule has 0 bridgehead atoms. The summed E-state index contributed by atoms with van der Waals surface area (Å²) in [4.78, 5) is 24.5. The molecule has 0 aliphatic carbocycles. The normalized spacial score (nSPS) is 15.3. The Hall–Kier alpha value is -3.98. The van der Waals surface area contributed by atoms with Crippen molar-refractivity contribution in [2.24, 2.45) is 0 Å². The van der Waals surface area contributed by atoms with E-state index >= 15 is 0 Å². The molecule has 0 spiro atoms. The van der Waals surface area contributed by atoms with Crippen molar-refractivity contribution < 1.29 is 51.3 Å². The summed E-state index contributed by atoms with van der Waals surface area (Å²) in [5.41, 5.74) is 3.16. The van der Waals surface area contributed by atoms with E-state index in [2.05, 4.69) is 38.3 Å². The molecule has 39 heavy (non-hydrogen) atoms. The minimum absolute atomic E-state index is 0.698. The van der Waals surface area contributed by atoms with Gasteiger partial charge in [0.2, 0.25) is 0 Å². The topological polar surface area (TPSA) is 140 Å². The molecule has 0 amide bonds. The van der Waals surface area contributed by atoms with Gasteiger partial charge in [0, 0.05) is 37.1 Å². The molecular weight excluding hydrogens is 538 g/mol. The van der Waals surface area contributed by atoms with Crippen LogP contribution in [0.3, 0.4) is 0 Å². The Morgan fingerprint density at radius 3 is 1.87 bits per heavy atom. The maximum Gasteiger partial charge on any atom is 0.490 e. The second kappa shape index (κ2) is 13.2. The first-order valence-corrected chi connectivity index (χ1v) is 11.2. The van der Waals surface area contributed by atoms with Gasteiger partial charge >= 0.3 is 24.3 Å². The Kier molecular flexibility index (Phi) is 10.6. The number of rotatable bonds is 4. The maximum absolute atomic E-state index is 10.9. The highest BCUT2D eigenvalue weighted by atomic mass is 19.4. The van der Waals surface area contributed by atoms with Gasteiger partial charge in [0.15, 0.2) is 0 Å². The van der Waals surface area contributed by atoms with Crippen LogP contribution >= 0.6 is 0 Å². The molecule has 1 fully saturated rings. The van der Waals surface area contributed by atoms with Crippen molar-refractivity contribution >= 4 is 11.9 Å². The highest BCUT2D eigenvalue weighted by Crippen LogP contribution is 2.32. The Bertz CT molecular complexity index is 1170. The van der Waals surface area contributed by atoms with Gasteiger partial charge in [-0.25, -0.2) is 9.59 Å². The van der Waals surface area contributed by atoms with E-state index in [1.165, 1.54) is 0 Å². The largest absolute Gasteiger partial charge is 0.490 e. The number of aromatic nitrogens is 3. The molecule has 4 N–H and O–H groups in total. The van der Waals surface area contributed by atoms with Crippen molar-refractivity contribution in [2.75, 3.05) is 13.1 Å². The molecule has 212 valence electrons. The molecule has 15 heteroatoms. The van der Waals surface area contributed by atoms with E-state index in [-0.39, 0.29) is 0 Å². The van der Waals surface area contributed by atoms with Crippen LogP contribution in [0.2, 0.25) is 0 Å². The number of likely N-dealkylation sites (tertiary alicyclic amines) is 1. The number of aromatic amines is 1. The van der Waals surface area contributed by atoms with Crippen molar-refractivity contribution in [3.8, 4) is 11.3 Å². The number of piperidine rings is 1. The Morgan fingerprint density at radius 1 is 0.897 bits per heavy atom. The Morgan fingerprint density at radius 2 is 1.41 bits per heavy atom. The molecule has 0 radical (unpaired) electrons. The predicted molar refractivity (Wildman–Crippen MR) is 124 cm³/mol. The molecule has 1 aromatic carbocycles. The maximum atomic E-state index is 10.9. The Balaban J connectivity index is 0.000000317. The highest BCUT2D eigenvalue weighted by molar-refractivity contribution is 5.73. The second-order valence-corrected chi connectivity index (χ2v) is 8.27. The lowest BCUT2D eigenvalue weighted by Gasteiger charge is -2.37. The lowest BCUT2D eigenvalue weighted by Crippen LogP contribution is -2.42. The summed E-state index contributed by atoms with van der Waals surface area (Å²) in [5.74, 6) is -5.51. The van der Waals surface area contributed by atoms with Crippen LogP contribution in [-0.2, 0) is 21.7 Å². The average molecular weight is 562 g/mol. The summed E-state index contributed by atoms with van der Waals surface area (Å²) in [7, 11) is 0. The van der Waals surface area contributed by atoms with Gasteiger partial charge in [0.25, 0.3) is 0 Å². The fourth-order valence-corrected chi connectivity index (χ4v) is 3.42. The third-order valence-corrected chi connectivity index (χ3v) is 5.40. The van der Waals surface area contributed by atoms with E-state index in [4.69, 9.17) is 19.8 Å². The summed E-state index contributed by atoms with van der Waals surface area (Å²) >= 11 is 0. The Labute approximate surface area is 217 Å². The first kappa shape index (κ1) is 31.2. The van der Waals surface area contributed by atoms with Gasteiger partial charge in [-0.15, -0.1) is 0 Å². The zero-order valence-corrected chi connectivity index (χ0v) is 20.1. The minimum atomic E-state index is -5.08. The number of carboxylic acids is 2. The van der Waals surface area contributed by atoms with Crippen LogP contribution in [0.5, 0.6) is 0 Å². The van der Waals surface area contributed by atoms with E-state index < -0.39 is 29.9 Å². The zero-order valence-electron chi connectivity index (χ0n) is 20.1. The number of aliphatic hydroxyl groups is 1. The van der Waals surface area contributed by atoms with Crippen molar-refractivity contribution in [3.05, 3.63) is 72.2 Å². The van der Waals surface area contributed by atoms with Crippen LogP contribution in [0.25, 0.3) is 11.3 Å². The highest BCUT2D eigenvalue weighted by Gasteiger charge is 2.39. The third-order valence-electron chi connectivity index (χ3n) is 5.40. The van der Waals surface area contributed by atoms with Crippen LogP contribution in [0, 0.1) is 0 Å². The van der Waals surface area contributed by atoms with Gasteiger partial charge in [0.05, 0.1) is 11.4 Å². The summed E-state index contributed by atoms with van der Waals surface area (Å²) in [6, 6.07) is 18.0. The van der Waals surface area contributed by atoms with E-state index in [0.29, 0.717) is 12.8 Å². The molecule has 9 nitrogen and oxygen atoms in total. The molecule has 2 aromatic heterocycles. The zero-order chi connectivity index (χ0) is 29.3. The second-order valence-electron chi connectivity index (χ2n) is 8.27. The number of carboxylic acid groups (broad SMARTS) is 2. The first-order valence-electron chi connectivity index (χ1n) is 11.2. The van der Waals surface area contributed by atoms with Crippen molar-refractivity contribution in [3.63, 3.8) is 0 Å². The standard InChI is InChI=1S/C20H22N4O.2C2HF3O2/c25-20(19-8-4-5-11-21-19)9-12-24(13-10-20)15-17-14-18(23-22-17)16-6-2-1-3-7-16;2*3-2(4,5)1(6)7/h1-8,11,14,25H,9-10,12-13,15H2,(H,22,23);2*(H,6,7). The van der Waals surface area contributed by atoms with Crippen LogP contribution in [-0.4, -0.2) is 72.8 Å². The predicted octanol–water partition coefficient (Wildman–Crippen LogP) is 4.22. The van der Waals surface area contributed by atoms with Gasteiger partial charge in [0.1, 0.15) is 5.60 Å². The van der Waals surface area contributed by atoms with Gasteiger partial charge in [-0.2, -0.15) is 31.4 Å². The first-order chi connectivity index (χ1) is 18.1. The molecule has 1 saturated heterocycles. The number of hydrogen-bond acceptors (Lipinski definition) is 6. The third kappa shape index (κ3) is 10.0. The van der Waals surface area contributed by atoms with Crippen LogP contribution in [0.4, 0.5) is 26.3 Å². The van der Waals surface area contributed by atoms with Crippen LogP contribution in [0.1, 0.15) is 24.2 Å². The van der Waals surface area contributed by atoms with Gasteiger partial charge < -0.3 is 15.3 Å². The van der Waals surface area contributed by atoms with Crippen molar-refractivity contribution in [1.82, 2.24) is 20.1 Å². The molecule has 4 rings (SSSR count). The number of alkyl halides is 6. The van der Waals surface area contributed by atoms with E-state index in [9.17, 15) is 31.4 Å². The number of nitrogens with zero attached hydrogens (tertiary/aromatic N) is 3. The molecule has 3 heterocycles. The molecule has 0 saturated carbocycles. The number of aliphatic carboxylic acids is 2. The molecule has 0 atom stereocenters. The average Bonchev–Trinajstić information content (AvgIpc) is 3.35. The smallest absolute Gasteiger partial charge is 0.475 e. The molecule has 3 aromatic rings. The number of carbonyl (C=O) groups is 2. The van der Waals surface area contributed by atoms with E-state index in [0.717, 1.165) is 42.3 Å². The number of H-pyrrole nitrogens is 1. The fraction of sp³-hybridized carbons (Fsp3) is 0.333. The number of nitrogens with one attached hydrogen (secondary N) is 1. The summed E-state index contributed by atoms with van der Waals surface area (Å²) in [5, 5.41) is 32.7. The van der Waals surface area contributed by atoms with Gasteiger partial charge in [-0.05, 0) is 31.0 Å². The number of pyridine rings is 1. The molecule has 1 aliphatic rings. The van der Waals surface area contributed by atoms with Crippen LogP contribution in [0.15, 0.2) is 60.8 Å². The van der Waals surface area contributed by atoms with Crippen molar-refractivity contribution in [1.29, 1.82) is 0 Å². The molecule has 0 unspecified atom stereocenters. The number of benzene rings is 1. The van der Waals surface area contributed by atoms with Gasteiger partial charge in [-0.1, -0.05) is 36.4 Å². The van der Waals surface area contributed by atoms with E-state index in [1.807, 2.05) is 36.4 Å². The fourth-order valence-electron chi connectivity index (χ4n) is 3.42. The summed E-state index contributed by atoms with van der Waals surface area (Å²) < 4.78 is 63.5. The summed E-state index contributed by atoms with van der Waals surface area (Å²) in [6.45, 7) is 2.50. The lowest BCUT2D eigenvalue weighted by atomic mass is 9.87. The molecular formula is C24H24F6N4O5. The number of hydrogen-bond donors (Lipinski definition) is 4. The minimum Gasteiger partial charge on any atom is -0.475 e. The molecule has 1 aliphatic heterocycles. The van der Waals surface area contributed by atoms with Gasteiger partial charge in [-0.3, -0.25) is 15.0 Å². The quantitative estimate of drug-likeness (QED) is 0.347. The SMILES string of the molecule is O=C(O)C(F)(F)F.O=C(O)C(F)(F)F.OC1(c2ccccn2)CCN(Cc2cc(-c3ccccc3)n[nH]2)CC1. The van der Waals surface area contributed by atoms with Crippen molar-refractivity contribution in [2.45, 2.75) is 37.3 Å². The summed E-state index contributed by atoms with van der Waals surface area (Å²) in [6.07, 6.45) is -7.03. The lowest BCUT2D eigenvalue weighted by molar-refractivity contribution is -0.193. The van der Waals surface area contributed by atoms with Crippen LogP contribution < -0.4 is 0 Å².